The summed E-state index contributed by atoms with van der Waals surface area (Å²) in [5, 5.41) is 11.2. The minimum absolute atomic E-state index is 0.0956. The van der Waals surface area contributed by atoms with Gasteiger partial charge in [-0.15, -0.1) is 21.5 Å². The lowest BCUT2D eigenvalue weighted by atomic mass is 10.1. The van der Waals surface area contributed by atoms with Crippen LogP contribution >= 0.6 is 11.3 Å². The summed E-state index contributed by atoms with van der Waals surface area (Å²) < 4.78 is 1.98. The normalized spacial score (nSPS) is 15.4. The molecule has 0 spiro atoms. The van der Waals surface area contributed by atoms with E-state index in [9.17, 15) is 0 Å². The van der Waals surface area contributed by atoms with Gasteiger partial charge in [-0.3, -0.25) is 4.57 Å². The Morgan fingerprint density at radius 1 is 1.17 bits per heavy atom. The highest BCUT2D eigenvalue weighted by atomic mass is 32.1. The largest absolute Gasteiger partial charge is 0.342 e. The maximum atomic E-state index is 4.97. The van der Waals surface area contributed by atoms with E-state index in [2.05, 4.69) is 55.8 Å². The van der Waals surface area contributed by atoms with Crippen LogP contribution in [0.25, 0.3) is 27.8 Å². The summed E-state index contributed by atoms with van der Waals surface area (Å²) in [5.41, 5.74) is 2.37. The topological polar surface area (TPSA) is 98.4 Å². The molecular formula is C19H19N9S. The third-order valence-corrected chi connectivity index (χ3v) is 5.77. The van der Waals surface area contributed by atoms with Gasteiger partial charge in [0.1, 0.15) is 29.0 Å². The molecule has 0 saturated heterocycles. The molecule has 5 heterocycles. The van der Waals surface area contributed by atoms with Gasteiger partial charge in [-0.1, -0.05) is 6.92 Å². The lowest BCUT2D eigenvalue weighted by Crippen LogP contribution is -2.40. The van der Waals surface area contributed by atoms with E-state index >= 15 is 0 Å². The molecule has 5 rings (SSSR count). The van der Waals surface area contributed by atoms with Crippen molar-refractivity contribution in [3.8, 4) is 27.8 Å². The molecule has 0 N–H and O–H groups in total. The molecule has 1 atom stereocenters. The van der Waals surface area contributed by atoms with Crippen molar-refractivity contribution in [2.24, 2.45) is 0 Å². The van der Waals surface area contributed by atoms with E-state index in [1.807, 2.05) is 16.1 Å². The van der Waals surface area contributed by atoms with Crippen LogP contribution in [0.5, 0.6) is 0 Å². The first-order chi connectivity index (χ1) is 14.2. The van der Waals surface area contributed by atoms with Crippen LogP contribution in [-0.4, -0.2) is 45.7 Å². The number of hydrogen-bond donors (Lipinski definition) is 0. The van der Waals surface area contributed by atoms with Crippen molar-refractivity contribution in [1.29, 1.82) is 0 Å². The van der Waals surface area contributed by atoms with Gasteiger partial charge in [0.25, 0.3) is 0 Å². The molecule has 9 nitrogen and oxygen atoms in total. The Kier molecular flexibility index (Phi) is 4.27. The van der Waals surface area contributed by atoms with Gasteiger partial charge in [-0.05, 0) is 20.3 Å². The average Bonchev–Trinajstić information content (AvgIpc) is 3.44. The molecule has 0 aromatic carbocycles. The van der Waals surface area contributed by atoms with Crippen molar-refractivity contribution < 1.29 is 0 Å². The van der Waals surface area contributed by atoms with E-state index < -0.39 is 0 Å². The first-order valence-electron chi connectivity index (χ1n) is 9.45. The van der Waals surface area contributed by atoms with Gasteiger partial charge < -0.3 is 4.90 Å². The minimum atomic E-state index is 0.0956. The predicted octanol–water partition coefficient (Wildman–Crippen LogP) is 3.32. The summed E-state index contributed by atoms with van der Waals surface area (Å²) >= 11 is 1.53. The van der Waals surface area contributed by atoms with Gasteiger partial charge in [0, 0.05) is 23.8 Å². The van der Waals surface area contributed by atoms with Gasteiger partial charge in [0.05, 0.1) is 17.8 Å². The summed E-state index contributed by atoms with van der Waals surface area (Å²) in [6, 6.07) is 0.329. The van der Waals surface area contributed by atoms with E-state index in [4.69, 9.17) is 4.98 Å². The quantitative estimate of drug-likeness (QED) is 0.510. The van der Waals surface area contributed by atoms with Crippen LogP contribution in [0.3, 0.4) is 0 Å². The molecule has 0 amide bonds. The van der Waals surface area contributed by atoms with E-state index in [-0.39, 0.29) is 12.1 Å². The Morgan fingerprint density at radius 2 is 2.07 bits per heavy atom. The van der Waals surface area contributed by atoms with Crippen molar-refractivity contribution in [2.75, 3.05) is 4.90 Å². The van der Waals surface area contributed by atoms with Crippen LogP contribution in [0.2, 0.25) is 0 Å². The van der Waals surface area contributed by atoms with Crippen molar-refractivity contribution in [2.45, 2.75) is 39.3 Å². The highest BCUT2D eigenvalue weighted by molar-refractivity contribution is 7.13. The molecule has 10 heteroatoms. The molecule has 4 aromatic rings. The standard InChI is InChI=1S/C19H19N9S/c1-4-13-18-26-24-10-27(18)14-8-22-16(25-17(14)28(13)11(2)3)12-7-20-9-23-15(12)19-21-5-6-29-19/h5-11,13H,4H2,1-3H3/t13-/m1/s1. The fraction of sp³-hybridized carbons (Fsp3) is 0.316. The van der Waals surface area contributed by atoms with Crippen LogP contribution in [0.4, 0.5) is 5.82 Å². The summed E-state index contributed by atoms with van der Waals surface area (Å²) in [4.78, 5) is 24.9. The maximum Gasteiger partial charge on any atom is 0.165 e. The summed E-state index contributed by atoms with van der Waals surface area (Å²) in [6.45, 7) is 6.47. The third-order valence-electron chi connectivity index (χ3n) is 4.99. The molecule has 0 fully saturated rings. The lowest BCUT2D eigenvalue weighted by Gasteiger charge is -2.39. The molecular weight excluding hydrogens is 386 g/mol. The third kappa shape index (κ3) is 2.79. The van der Waals surface area contributed by atoms with Crippen LogP contribution in [0.1, 0.15) is 39.1 Å². The maximum absolute atomic E-state index is 4.97. The van der Waals surface area contributed by atoms with Crippen LogP contribution in [0.15, 0.2) is 36.6 Å². The summed E-state index contributed by atoms with van der Waals surface area (Å²) in [5.74, 6) is 2.35. The summed E-state index contributed by atoms with van der Waals surface area (Å²) in [7, 11) is 0. The van der Waals surface area contributed by atoms with Gasteiger partial charge >= 0.3 is 0 Å². The Balaban J connectivity index is 1.71. The van der Waals surface area contributed by atoms with E-state index in [1.54, 1.807) is 18.7 Å². The second kappa shape index (κ2) is 6.96. The van der Waals surface area contributed by atoms with Gasteiger partial charge in [0.2, 0.25) is 0 Å². The smallest absolute Gasteiger partial charge is 0.165 e. The van der Waals surface area contributed by atoms with Crippen molar-refractivity contribution in [1.82, 2.24) is 39.7 Å². The SMILES string of the molecule is CC[C@@H]1c2nncn2-c2cnc(-c3cncnc3-c3nccs3)nc2N1C(C)C. The van der Waals surface area contributed by atoms with E-state index in [0.29, 0.717) is 5.82 Å². The zero-order valence-corrected chi connectivity index (χ0v) is 17.1. The fourth-order valence-corrected chi connectivity index (χ4v) is 4.42. The minimum Gasteiger partial charge on any atom is -0.342 e. The first kappa shape index (κ1) is 17.8. The number of rotatable bonds is 4. The second-order valence-electron chi connectivity index (χ2n) is 7.01. The molecule has 0 aliphatic carbocycles. The van der Waals surface area contributed by atoms with E-state index in [0.717, 1.165) is 40.0 Å². The van der Waals surface area contributed by atoms with Crippen LogP contribution in [0, 0.1) is 0 Å². The Labute approximate surface area is 171 Å². The van der Waals surface area contributed by atoms with Gasteiger partial charge in [-0.2, -0.15) is 0 Å². The molecule has 0 saturated carbocycles. The zero-order valence-electron chi connectivity index (χ0n) is 16.3. The number of nitrogens with zero attached hydrogens (tertiary/aromatic N) is 9. The molecule has 29 heavy (non-hydrogen) atoms. The average molecular weight is 405 g/mol. The van der Waals surface area contributed by atoms with E-state index in [1.165, 1.54) is 17.7 Å². The molecule has 0 radical (unpaired) electrons. The van der Waals surface area contributed by atoms with Crippen molar-refractivity contribution >= 4 is 17.2 Å². The molecule has 146 valence electrons. The Hall–Kier alpha value is -3.27. The lowest BCUT2D eigenvalue weighted by molar-refractivity contribution is 0.497. The molecule has 1 aliphatic heterocycles. The molecule has 4 aromatic heterocycles. The Bertz CT molecular complexity index is 1150. The monoisotopic (exact) mass is 405 g/mol. The number of hydrogen-bond acceptors (Lipinski definition) is 9. The molecule has 1 aliphatic rings. The number of thiazole rings is 1. The van der Waals surface area contributed by atoms with Crippen LogP contribution < -0.4 is 4.90 Å². The predicted molar refractivity (Wildman–Crippen MR) is 110 cm³/mol. The van der Waals surface area contributed by atoms with Gasteiger partial charge in [0.15, 0.2) is 17.5 Å². The highest BCUT2D eigenvalue weighted by Crippen LogP contribution is 2.40. The van der Waals surface area contributed by atoms with Crippen LogP contribution in [-0.2, 0) is 0 Å². The second-order valence-corrected chi connectivity index (χ2v) is 7.90. The highest BCUT2D eigenvalue weighted by Gasteiger charge is 2.35. The fourth-order valence-electron chi connectivity index (χ4n) is 3.77. The molecule has 0 unspecified atom stereocenters. The van der Waals surface area contributed by atoms with Crippen molar-refractivity contribution in [3.63, 3.8) is 0 Å². The zero-order chi connectivity index (χ0) is 20.0. The molecule has 0 bridgehead atoms. The first-order valence-corrected chi connectivity index (χ1v) is 10.3. The Morgan fingerprint density at radius 3 is 2.83 bits per heavy atom. The summed E-state index contributed by atoms with van der Waals surface area (Å²) in [6.07, 6.45) is 9.48. The number of anilines is 1. The van der Waals surface area contributed by atoms with Crippen molar-refractivity contribution in [3.05, 3.63) is 42.4 Å². The number of aromatic nitrogens is 8. The number of fused-ring (bicyclic) bond motifs is 3. The van der Waals surface area contributed by atoms with Gasteiger partial charge in [-0.25, -0.2) is 24.9 Å².